The number of nitrogens with two attached hydrogens (primary N) is 1. The summed E-state index contributed by atoms with van der Waals surface area (Å²) in [4.78, 5) is 28.7. The molecule has 18 atom stereocenters. The van der Waals surface area contributed by atoms with Gasteiger partial charge in [0.2, 0.25) is 5.91 Å². The predicted molar refractivity (Wildman–Crippen MR) is 207 cm³/mol. The normalized spacial score (nSPS) is 47.0. The van der Waals surface area contributed by atoms with E-state index < -0.39 is 114 Å². The molecule has 0 aromatic carbocycles. The molecule has 0 radical (unpaired) electrons. The topological polar surface area (TPSA) is 200 Å². The number of primary amides is 1. The van der Waals surface area contributed by atoms with Gasteiger partial charge in [0.25, 0.3) is 0 Å². The molecule has 3 fully saturated rings. The molecule has 1 unspecified atom stereocenters. The Morgan fingerprint density at radius 3 is 2.15 bits per heavy atom. The summed E-state index contributed by atoms with van der Waals surface area (Å²) in [6.07, 6.45) is -5.72. The van der Waals surface area contributed by atoms with E-state index in [0.29, 0.717) is 6.42 Å². The average molecular weight is 789 g/mol. The van der Waals surface area contributed by atoms with E-state index in [-0.39, 0.29) is 37.5 Å². The largest absolute Gasteiger partial charge is 0.459 e. The Morgan fingerprint density at radius 1 is 0.982 bits per heavy atom. The van der Waals surface area contributed by atoms with Crippen molar-refractivity contribution in [1.82, 2.24) is 4.90 Å². The Hall–Kier alpha value is -1.46. The van der Waals surface area contributed by atoms with Crippen LogP contribution in [-0.2, 0) is 38.0 Å². The lowest BCUT2D eigenvalue weighted by Gasteiger charge is -2.51. The Kier molecular flexibility index (Phi) is 16.6. The first-order chi connectivity index (χ1) is 25.3. The van der Waals surface area contributed by atoms with Crippen molar-refractivity contribution in [2.24, 2.45) is 35.3 Å². The lowest BCUT2D eigenvalue weighted by Crippen LogP contribution is -2.61. The maximum absolute atomic E-state index is 14.4. The molecule has 3 heterocycles. The van der Waals surface area contributed by atoms with E-state index in [2.05, 4.69) is 25.8 Å². The minimum absolute atomic E-state index is 0.0709. The highest BCUT2D eigenvalue weighted by Crippen LogP contribution is 2.45. The van der Waals surface area contributed by atoms with Gasteiger partial charge in [-0.15, -0.1) is 0 Å². The van der Waals surface area contributed by atoms with Gasteiger partial charge in [-0.1, -0.05) is 34.6 Å². The highest BCUT2D eigenvalue weighted by atomic mass is 16.7. The van der Waals surface area contributed by atoms with Crippen LogP contribution < -0.4 is 5.73 Å². The lowest BCUT2D eigenvalue weighted by atomic mass is 9.67. The number of cyclic esters (lactones) is 1. The fourth-order valence-electron chi connectivity index (χ4n) is 9.90. The molecule has 6 N–H and O–H groups in total. The fourth-order valence-corrected chi connectivity index (χ4v) is 9.90. The first-order valence-electron chi connectivity index (χ1n) is 20.5. The van der Waals surface area contributed by atoms with Gasteiger partial charge in [-0.3, -0.25) is 9.59 Å². The molecule has 0 aromatic heterocycles. The Morgan fingerprint density at radius 2 is 1.60 bits per heavy atom. The molecule has 0 aromatic rings. The summed E-state index contributed by atoms with van der Waals surface area (Å²) in [5, 5.41) is 47.7. The second-order valence-electron chi connectivity index (χ2n) is 18.2. The van der Waals surface area contributed by atoms with E-state index in [1.54, 1.807) is 34.6 Å². The van der Waals surface area contributed by atoms with E-state index in [1.165, 1.54) is 14.0 Å². The smallest absolute Gasteiger partial charge is 0.309 e. The van der Waals surface area contributed by atoms with E-state index in [9.17, 15) is 30.0 Å². The second-order valence-corrected chi connectivity index (χ2v) is 18.2. The van der Waals surface area contributed by atoms with Crippen molar-refractivity contribution in [2.45, 2.75) is 199 Å². The molecule has 322 valence electrons. The van der Waals surface area contributed by atoms with Gasteiger partial charge < -0.3 is 59.5 Å². The SMILES string of the molecule is CC[C@H]1OC(=O)[C@H](C)C([C@H]2C[C@@](C)(OC)[C@@H](O)[C@H](C)O2)[C@H](C)[C@@H](O[C@H]2C[C@@H](N(C)C(C)C)C[C@@H](C)O2)[C@](C)(O)C[C@@H](C)[C@H](OCC(N)=O)[C@H](C)[C@@H](O)[C@]1(C)O. The molecule has 3 saturated heterocycles. The van der Waals surface area contributed by atoms with E-state index >= 15 is 0 Å². The molecule has 3 aliphatic rings. The maximum Gasteiger partial charge on any atom is 0.309 e. The van der Waals surface area contributed by atoms with Crippen molar-refractivity contribution in [1.29, 1.82) is 0 Å². The van der Waals surface area contributed by atoms with Crippen LogP contribution in [0.25, 0.3) is 0 Å². The van der Waals surface area contributed by atoms with Crippen LogP contribution in [0.15, 0.2) is 0 Å². The Balaban J connectivity index is 2.26. The van der Waals surface area contributed by atoms with Crippen LogP contribution >= 0.6 is 0 Å². The molecule has 0 bridgehead atoms. The van der Waals surface area contributed by atoms with Crippen molar-refractivity contribution in [3.8, 4) is 0 Å². The van der Waals surface area contributed by atoms with Crippen molar-refractivity contribution >= 4 is 11.9 Å². The van der Waals surface area contributed by atoms with Crippen molar-refractivity contribution in [3.63, 3.8) is 0 Å². The van der Waals surface area contributed by atoms with Crippen LogP contribution in [0.4, 0.5) is 0 Å². The monoisotopic (exact) mass is 789 g/mol. The molecular formula is C41H76N2O12. The van der Waals surface area contributed by atoms with Gasteiger partial charge in [0.15, 0.2) is 6.29 Å². The number of nitrogens with zero attached hydrogens (tertiary/aromatic N) is 1. The number of methoxy groups -OCH3 is 1. The molecule has 0 spiro atoms. The summed E-state index contributed by atoms with van der Waals surface area (Å²) in [7, 11) is 3.62. The van der Waals surface area contributed by atoms with E-state index in [1.807, 2.05) is 27.7 Å². The molecular weight excluding hydrogens is 712 g/mol. The predicted octanol–water partition coefficient (Wildman–Crippen LogP) is 3.17. The summed E-state index contributed by atoms with van der Waals surface area (Å²) >= 11 is 0. The highest BCUT2D eigenvalue weighted by Gasteiger charge is 2.55. The minimum Gasteiger partial charge on any atom is -0.459 e. The quantitative estimate of drug-likeness (QED) is 0.203. The Labute approximate surface area is 330 Å². The zero-order chi connectivity index (χ0) is 42.0. The number of ether oxygens (including phenoxy) is 6. The molecule has 3 rings (SSSR count). The van der Waals surface area contributed by atoms with Gasteiger partial charge in [-0.05, 0) is 86.6 Å². The van der Waals surface area contributed by atoms with Gasteiger partial charge >= 0.3 is 5.97 Å². The summed E-state index contributed by atoms with van der Waals surface area (Å²) < 4.78 is 38.1. The summed E-state index contributed by atoms with van der Waals surface area (Å²) in [6.45, 7) is 21.5. The third kappa shape index (κ3) is 11.0. The molecule has 14 heteroatoms. The number of esters is 1. The molecule has 0 aliphatic carbocycles. The van der Waals surface area contributed by atoms with Gasteiger partial charge in [-0.2, -0.15) is 0 Å². The Bertz CT molecular complexity index is 1250. The number of rotatable bonds is 10. The zero-order valence-electron chi connectivity index (χ0n) is 36.1. The van der Waals surface area contributed by atoms with Gasteiger partial charge in [0.05, 0.1) is 53.7 Å². The average Bonchev–Trinajstić information content (AvgIpc) is 3.09. The lowest BCUT2D eigenvalue weighted by molar-refractivity contribution is -0.277. The van der Waals surface area contributed by atoms with Crippen LogP contribution in [0.3, 0.4) is 0 Å². The second kappa shape index (κ2) is 19.1. The standard InChI is InChI=1S/C41H76N2O12/c1-15-30-41(12,49)35(45)26(8)34(51-20-31(42)44)22(4)18-39(10,48)37(55-32-17-28(16-23(5)52-32)43(13)21(2)3)24(6)33(25(7)38(47)54-30)29-19-40(11,50-14)36(46)27(9)53-29/h21-30,32-37,45-46,48-49H,15-20H2,1-14H3,(H2,42,44)/t22-,23-,24+,25-,26+,27+,28+,29-,30-,32+,33?,34+,35-,36+,37-,39-,40-,41-/m1/s1. The van der Waals surface area contributed by atoms with Crippen molar-refractivity contribution in [2.75, 3.05) is 20.8 Å². The number of carbonyl (C=O) groups excluding carboxylic acids is 2. The van der Waals surface area contributed by atoms with Crippen LogP contribution in [0.2, 0.25) is 0 Å². The van der Waals surface area contributed by atoms with Gasteiger partial charge in [-0.25, -0.2) is 0 Å². The van der Waals surface area contributed by atoms with Crippen molar-refractivity contribution < 1.29 is 58.4 Å². The highest BCUT2D eigenvalue weighted by molar-refractivity contribution is 5.75. The number of hydrogen-bond donors (Lipinski definition) is 5. The summed E-state index contributed by atoms with van der Waals surface area (Å²) in [5.74, 6) is -4.80. The summed E-state index contributed by atoms with van der Waals surface area (Å²) in [6, 6.07) is 0.429. The van der Waals surface area contributed by atoms with Crippen LogP contribution in [0.1, 0.15) is 115 Å². The van der Waals surface area contributed by atoms with Crippen LogP contribution in [-0.4, -0.2) is 142 Å². The first kappa shape index (κ1) is 47.9. The molecule has 55 heavy (non-hydrogen) atoms. The van der Waals surface area contributed by atoms with Gasteiger partial charge in [0, 0.05) is 43.9 Å². The fraction of sp³-hybridized carbons (Fsp3) is 0.951. The van der Waals surface area contributed by atoms with Crippen LogP contribution in [0, 0.1) is 29.6 Å². The molecule has 0 saturated carbocycles. The summed E-state index contributed by atoms with van der Waals surface area (Å²) in [5.41, 5.74) is 0.939. The molecule has 3 aliphatic heterocycles. The zero-order valence-corrected chi connectivity index (χ0v) is 36.1. The number of hydrogen-bond acceptors (Lipinski definition) is 13. The van der Waals surface area contributed by atoms with E-state index in [0.717, 1.165) is 6.42 Å². The number of aliphatic hydroxyl groups excluding tert-OH is 2. The third-order valence-corrected chi connectivity index (χ3v) is 13.4. The van der Waals surface area contributed by atoms with E-state index in [4.69, 9.17) is 34.2 Å². The number of carbonyl (C=O) groups is 2. The molecule has 14 nitrogen and oxygen atoms in total. The first-order valence-corrected chi connectivity index (χ1v) is 20.5. The minimum atomic E-state index is -1.93. The third-order valence-electron chi connectivity index (χ3n) is 13.4. The van der Waals surface area contributed by atoms with Crippen LogP contribution in [0.5, 0.6) is 0 Å². The van der Waals surface area contributed by atoms with Gasteiger partial charge in [0.1, 0.15) is 24.4 Å². The molecule has 1 amide bonds. The number of aliphatic hydroxyl groups is 4. The maximum atomic E-state index is 14.4. The van der Waals surface area contributed by atoms with Crippen molar-refractivity contribution in [3.05, 3.63) is 0 Å². The number of amides is 1.